The molecule has 82 valence electrons. The molecule has 0 aliphatic heterocycles. The van der Waals surface area contributed by atoms with E-state index < -0.39 is 22.6 Å². The van der Waals surface area contributed by atoms with Crippen molar-refractivity contribution in [1.82, 2.24) is 14.1 Å². The Morgan fingerprint density at radius 2 is 1.73 bits per heavy atom. The zero-order valence-electron chi connectivity index (χ0n) is 8.90. The van der Waals surface area contributed by atoms with Gasteiger partial charge in [-0.25, -0.2) is 23.5 Å². The van der Waals surface area contributed by atoms with Crippen LogP contribution in [0.4, 0.5) is 0 Å². The maximum atomic E-state index is 11.7. The smallest absolute Gasteiger partial charge is 0.258 e. The predicted molar refractivity (Wildman–Crippen MR) is 57.0 cm³/mol. The molecule has 1 rings (SSSR count). The minimum Gasteiger partial charge on any atom is -0.258 e. The van der Waals surface area contributed by atoms with E-state index in [2.05, 4.69) is 6.58 Å². The van der Waals surface area contributed by atoms with Gasteiger partial charge in [0.25, 0.3) is 0 Å². The number of H-pyrrole nitrogens is 1. The first-order chi connectivity index (χ1) is 6.79. The van der Waals surface area contributed by atoms with Crippen molar-refractivity contribution in [2.45, 2.75) is 26.3 Å². The summed E-state index contributed by atoms with van der Waals surface area (Å²) in [5, 5.41) is 0. The van der Waals surface area contributed by atoms with Crippen LogP contribution in [0.3, 0.4) is 0 Å². The largest absolute Gasteiger partial charge is 0.340 e. The summed E-state index contributed by atoms with van der Waals surface area (Å²) in [7, 11) is 0. The molecule has 0 aromatic carbocycles. The highest BCUT2D eigenvalue weighted by atomic mass is 16.2. The van der Waals surface area contributed by atoms with Gasteiger partial charge in [0.1, 0.15) is 0 Å². The summed E-state index contributed by atoms with van der Waals surface area (Å²) in [6.07, 6.45) is 1.07. The summed E-state index contributed by atoms with van der Waals surface area (Å²) in [5.41, 5.74) is -2.87. The molecule has 6 nitrogen and oxygen atoms in total. The second-order valence-corrected chi connectivity index (χ2v) is 4.08. The fourth-order valence-electron chi connectivity index (χ4n) is 1.24. The Balaban J connectivity index is 3.86. The maximum Gasteiger partial charge on any atom is 0.340 e. The van der Waals surface area contributed by atoms with Crippen LogP contribution >= 0.6 is 0 Å². The second-order valence-electron chi connectivity index (χ2n) is 4.08. The van der Waals surface area contributed by atoms with Crippen LogP contribution in [-0.4, -0.2) is 14.1 Å². The van der Waals surface area contributed by atoms with Crippen molar-refractivity contribution < 1.29 is 0 Å². The molecule has 0 amide bonds. The molecule has 6 heteroatoms. The van der Waals surface area contributed by atoms with Crippen LogP contribution in [0, 0.1) is 0 Å². The molecule has 0 aliphatic carbocycles. The predicted octanol–water partition coefficient (Wildman–Crippen LogP) is -0.446. The number of aromatic nitrogens is 3. The number of hydrogen-bond donors (Lipinski definition) is 1. The number of rotatable bonds is 1. The summed E-state index contributed by atoms with van der Waals surface area (Å²) in [4.78, 5) is 36.4. The minimum atomic E-state index is -0.777. The van der Waals surface area contributed by atoms with Crippen LogP contribution in [0.25, 0.3) is 6.20 Å². The third-order valence-corrected chi connectivity index (χ3v) is 1.89. The van der Waals surface area contributed by atoms with Gasteiger partial charge in [0, 0.05) is 11.7 Å². The van der Waals surface area contributed by atoms with Crippen LogP contribution in [-0.2, 0) is 5.54 Å². The monoisotopic (exact) mass is 211 g/mol. The molecule has 0 spiro atoms. The maximum absolute atomic E-state index is 11.7. The van der Waals surface area contributed by atoms with E-state index in [-0.39, 0.29) is 0 Å². The van der Waals surface area contributed by atoms with Crippen LogP contribution in [0.1, 0.15) is 20.8 Å². The third-order valence-electron chi connectivity index (χ3n) is 1.89. The van der Waals surface area contributed by atoms with Gasteiger partial charge in [0.2, 0.25) is 0 Å². The number of nitrogens with zero attached hydrogens (tertiary/aromatic N) is 2. The molecule has 15 heavy (non-hydrogen) atoms. The molecule has 1 N–H and O–H groups in total. The first-order valence-electron chi connectivity index (χ1n) is 4.40. The lowest BCUT2D eigenvalue weighted by Gasteiger charge is -2.20. The molecular formula is C9H13N3O3. The topological polar surface area (TPSA) is 76.9 Å². The van der Waals surface area contributed by atoms with E-state index in [9.17, 15) is 14.4 Å². The Labute approximate surface area is 85.5 Å². The van der Waals surface area contributed by atoms with E-state index in [0.717, 1.165) is 15.3 Å². The highest BCUT2D eigenvalue weighted by Gasteiger charge is 2.20. The van der Waals surface area contributed by atoms with Gasteiger partial charge in [-0.15, -0.1) is 0 Å². The normalized spacial score (nSPS) is 11.4. The molecule has 1 aromatic heterocycles. The second kappa shape index (κ2) is 3.38. The quantitative estimate of drug-likeness (QED) is 0.683. The Hall–Kier alpha value is -1.85. The van der Waals surface area contributed by atoms with Crippen LogP contribution < -0.4 is 17.1 Å². The van der Waals surface area contributed by atoms with Crippen LogP contribution in [0.2, 0.25) is 0 Å². The first kappa shape index (κ1) is 11.2. The molecular weight excluding hydrogens is 198 g/mol. The van der Waals surface area contributed by atoms with Gasteiger partial charge in [-0.05, 0) is 20.8 Å². The Kier molecular flexibility index (Phi) is 2.53. The van der Waals surface area contributed by atoms with Crippen molar-refractivity contribution in [2.75, 3.05) is 0 Å². The molecule has 0 unspecified atom stereocenters. The highest BCUT2D eigenvalue weighted by Crippen LogP contribution is 2.05. The molecule has 1 heterocycles. The van der Waals surface area contributed by atoms with Crippen molar-refractivity contribution in [3.8, 4) is 0 Å². The Bertz CT molecular complexity index is 554. The van der Waals surface area contributed by atoms with Crippen LogP contribution in [0.15, 0.2) is 21.0 Å². The summed E-state index contributed by atoms with van der Waals surface area (Å²) in [6.45, 7) is 8.42. The lowest BCUT2D eigenvalue weighted by molar-refractivity contribution is 0.352. The Morgan fingerprint density at radius 1 is 1.20 bits per heavy atom. The molecule has 0 aliphatic rings. The number of hydrogen-bond acceptors (Lipinski definition) is 3. The summed E-state index contributed by atoms with van der Waals surface area (Å²) in [5.74, 6) is 0. The molecule has 0 fully saturated rings. The molecule has 1 aromatic rings. The van der Waals surface area contributed by atoms with Crippen molar-refractivity contribution >= 4 is 6.20 Å². The van der Waals surface area contributed by atoms with Gasteiger partial charge in [0.15, 0.2) is 0 Å². The zero-order chi connectivity index (χ0) is 11.8. The number of aromatic amines is 1. The fraction of sp³-hybridized carbons (Fsp3) is 0.444. The van der Waals surface area contributed by atoms with E-state index in [1.54, 1.807) is 20.8 Å². The third kappa shape index (κ3) is 1.83. The van der Waals surface area contributed by atoms with Gasteiger partial charge in [-0.1, -0.05) is 6.58 Å². The van der Waals surface area contributed by atoms with Gasteiger partial charge >= 0.3 is 17.1 Å². The van der Waals surface area contributed by atoms with Crippen molar-refractivity contribution in [1.29, 1.82) is 0 Å². The molecule has 0 bridgehead atoms. The Morgan fingerprint density at radius 3 is 2.13 bits per heavy atom. The van der Waals surface area contributed by atoms with E-state index in [1.165, 1.54) is 0 Å². The van der Waals surface area contributed by atoms with E-state index in [1.807, 2.05) is 4.98 Å². The summed E-state index contributed by atoms with van der Waals surface area (Å²) >= 11 is 0. The molecule has 0 radical (unpaired) electrons. The number of nitrogens with one attached hydrogen (secondary N) is 1. The lowest BCUT2D eigenvalue weighted by Crippen LogP contribution is -2.53. The molecule has 0 saturated carbocycles. The zero-order valence-corrected chi connectivity index (χ0v) is 8.90. The van der Waals surface area contributed by atoms with E-state index in [4.69, 9.17) is 0 Å². The fourth-order valence-corrected chi connectivity index (χ4v) is 1.24. The van der Waals surface area contributed by atoms with Gasteiger partial charge in [-0.2, -0.15) is 0 Å². The van der Waals surface area contributed by atoms with E-state index >= 15 is 0 Å². The van der Waals surface area contributed by atoms with E-state index in [0.29, 0.717) is 0 Å². The van der Waals surface area contributed by atoms with Gasteiger partial charge in [0.05, 0.1) is 0 Å². The minimum absolute atomic E-state index is 0.689. The molecule has 0 atom stereocenters. The highest BCUT2D eigenvalue weighted by molar-refractivity contribution is 5.13. The average molecular weight is 211 g/mol. The van der Waals surface area contributed by atoms with Gasteiger partial charge < -0.3 is 0 Å². The average Bonchev–Trinajstić information content (AvgIpc) is 2.00. The molecule has 0 saturated heterocycles. The first-order valence-corrected chi connectivity index (χ1v) is 4.40. The van der Waals surface area contributed by atoms with Crippen molar-refractivity contribution in [2.24, 2.45) is 0 Å². The van der Waals surface area contributed by atoms with Gasteiger partial charge in [-0.3, -0.25) is 4.98 Å². The SMILES string of the molecule is C=Cn1c(=O)[nH]c(=O)n(C(C)(C)C)c1=O. The summed E-state index contributed by atoms with van der Waals surface area (Å²) in [6, 6.07) is 0. The van der Waals surface area contributed by atoms with Crippen LogP contribution in [0.5, 0.6) is 0 Å². The standard InChI is InChI=1S/C9H13N3O3/c1-5-11-6(13)10-7(14)12(8(11)15)9(2,3)4/h5H,1H2,2-4H3,(H,10,13,14). The van der Waals surface area contributed by atoms with Crippen molar-refractivity contribution in [3.63, 3.8) is 0 Å². The van der Waals surface area contributed by atoms with Crippen molar-refractivity contribution in [3.05, 3.63) is 38.0 Å². The lowest BCUT2D eigenvalue weighted by atomic mass is 10.1. The summed E-state index contributed by atoms with van der Waals surface area (Å²) < 4.78 is 1.72.